The molecule has 1 aliphatic rings. The highest BCUT2D eigenvalue weighted by Crippen LogP contribution is 2.17. The Balaban J connectivity index is 1.85. The number of primary amides is 1. The monoisotopic (exact) mass is 258 g/mol. The molecule has 5 nitrogen and oxygen atoms in total. The molecular weight excluding hydrogens is 240 g/mol. The normalized spacial score (nSPS) is 16.8. The number of benzene rings is 1. The van der Waals surface area contributed by atoms with Gasteiger partial charge >= 0.3 is 0 Å². The lowest BCUT2D eigenvalue weighted by molar-refractivity contribution is -0.119. The Hall–Kier alpha value is -2.06. The first-order chi connectivity index (χ1) is 9.17. The number of nitrogens with one attached hydrogen (secondary N) is 1. The molecule has 2 rings (SSSR count). The van der Waals surface area contributed by atoms with Crippen LogP contribution < -0.4 is 11.1 Å². The SMILES string of the molecule is N#Cc1cccc(NC2CCN(CC(N)=O)CC2)c1. The molecule has 0 saturated carbocycles. The summed E-state index contributed by atoms with van der Waals surface area (Å²) in [5, 5.41) is 12.3. The van der Waals surface area contributed by atoms with Gasteiger partial charge in [0, 0.05) is 24.8 Å². The summed E-state index contributed by atoms with van der Waals surface area (Å²) in [4.78, 5) is 12.9. The average Bonchev–Trinajstić information content (AvgIpc) is 2.41. The third-order valence-electron chi connectivity index (χ3n) is 3.33. The minimum absolute atomic E-state index is 0.270. The van der Waals surface area contributed by atoms with E-state index in [1.807, 2.05) is 18.2 Å². The lowest BCUT2D eigenvalue weighted by Crippen LogP contribution is -2.42. The van der Waals surface area contributed by atoms with Crippen molar-refractivity contribution >= 4 is 11.6 Å². The molecular formula is C14H18N4O. The molecule has 100 valence electrons. The fraction of sp³-hybridized carbons (Fsp3) is 0.429. The number of carbonyl (C=O) groups excluding carboxylic acids is 1. The molecule has 3 N–H and O–H groups in total. The van der Waals surface area contributed by atoms with E-state index in [1.54, 1.807) is 6.07 Å². The number of amides is 1. The minimum Gasteiger partial charge on any atom is -0.382 e. The number of carbonyl (C=O) groups is 1. The third kappa shape index (κ3) is 3.97. The van der Waals surface area contributed by atoms with Gasteiger partial charge in [0.05, 0.1) is 18.2 Å². The summed E-state index contributed by atoms with van der Waals surface area (Å²) in [6.45, 7) is 2.09. The number of nitriles is 1. The van der Waals surface area contributed by atoms with Gasteiger partial charge in [-0.15, -0.1) is 0 Å². The summed E-state index contributed by atoms with van der Waals surface area (Å²) < 4.78 is 0. The number of hydrogen-bond acceptors (Lipinski definition) is 4. The second kappa shape index (κ2) is 6.21. The minimum atomic E-state index is -0.270. The van der Waals surface area contributed by atoms with Crippen molar-refractivity contribution in [2.75, 3.05) is 25.0 Å². The van der Waals surface area contributed by atoms with Crippen LogP contribution in [0, 0.1) is 11.3 Å². The van der Waals surface area contributed by atoms with Crippen molar-refractivity contribution in [3.05, 3.63) is 29.8 Å². The number of likely N-dealkylation sites (tertiary alicyclic amines) is 1. The second-order valence-electron chi connectivity index (χ2n) is 4.85. The van der Waals surface area contributed by atoms with Crippen LogP contribution in [-0.2, 0) is 4.79 Å². The summed E-state index contributed by atoms with van der Waals surface area (Å²) in [6, 6.07) is 10.0. The van der Waals surface area contributed by atoms with E-state index in [2.05, 4.69) is 16.3 Å². The maximum Gasteiger partial charge on any atom is 0.231 e. The van der Waals surface area contributed by atoms with Crippen molar-refractivity contribution < 1.29 is 4.79 Å². The Morgan fingerprint density at radius 3 is 2.84 bits per heavy atom. The summed E-state index contributed by atoms with van der Waals surface area (Å²) >= 11 is 0. The summed E-state index contributed by atoms with van der Waals surface area (Å²) in [7, 11) is 0. The van der Waals surface area contributed by atoms with Crippen molar-refractivity contribution in [1.29, 1.82) is 5.26 Å². The number of hydrogen-bond donors (Lipinski definition) is 2. The maximum absolute atomic E-state index is 10.8. The molecule has 1 fully saturated rings. The van der Waals surface area contributed by atoms with Crippen molar-refractivity contribution in [3.63, 3.8) is 0 Å². The van der Waals surface area contributed by atoms with Crippen LogP contribution >= 0.6 is 0 Å². The molecule has 1 aliphatic heterocycles. The van der Waals surface area contributed by atoms with Gasteiger partial charge in [-0.05, 0) is 31.0 Å². The van der Waals surface area contributed by atoms with E-state index in [0.29, 0.717) is 18.2 Å². The zero-order valence-corrected chi connectivity index (χ0v) is 10.8. The summed E-state index contributed by atoms with van der Waals surface area (Å²) in [6.07, 6.45) is 1.95. The Morgan fingerprint density at radius 1 is 1.47 bits per heavy atom. The molecule has 1 amide bonds. The highest BCUT2D eigenvalue weighted by Gasteiger charge is 2.19. The van der Waals surface area contributed by atoms with Crippen LogP contribution in [0.3, 0.4) is 0 Å². The topological polar surface area (TPSA) is 82.2 Å². The highest BCUT2D eigenvalue weighted by molar-refractivity contribution is 5.75. The van der Waals surface area contributed by atoms with Crippen LogP contribution in [0.1, 0.15) is 18.4 Å². The number of nitrogens with two attached hydrogens (primary N) is 1. The Morgan fingerprint density at radius 2 is 2.21 bits per heavy atom. The largest absolute Gasteiger partial charge is 0.382 e. The summed E-state index contributed by atoms with van der Waals surface area (Å²) in [5.41, 5.74) is 6.83. The molecule has 1 aromatic carbocycles. The smallest absolute Gasteiger partial charge is 0.231 e. The van der Waals surface area contributed by atoms with Gasteiger partial charge in [-0.25, -0.2) is 0 Å². The Kier molecular flexibility index (Phi) is 4.37. The van der Waals surface area contributed by atoms with Gasteiger partial charge in [-0.1, -0.05) is 6.07 Å². The average molecular weight is 258 g/mol. The molecule has 0 spiro atoms. The van der Waals surface area contributed by atoms with E-state index >= 15 is 0 Å². The van der Waals surface area contributed by atoms with Gasteiger partial charge in [0.2, 0.25) is 5.91 Å². The van der Waals surface area contributed by atoms with E-state index in [-0.39, 0.29) is 5.91 Å². The molecule has 0 atom stereocenters. The van der Waals surface area contributed by atoms with E-state index in [1.165, 1.54) is 0 Å². The van der Waals surface area contributed by atoms with Crippen molar-refractivity contribution in [3.8, 4) is 6.07 Å². The van der Waals surface area contributed by atoms with Crippen molar-refractivity contribution in [2.45, 2.75) is 18.9 Å². The fourth-order valence-corrected chi connectivity index (χ4v) is 2.37. The highest BCUT2D eigenvalue weighted by atomic mass is 16.1. The lowest BCUT2D eigenvalue weighted by Gasteiger charge is -2.32. The van der Waals surface area contributed by atoms with Crippen LogP contribution in [0.4, 0.5) is 5.69 Å². The molecule has 0 radical (unpaired) electrons. The summed E-state index contributed by atoms with van der Waals surface area (Å²) in [5.74, 6) is -0.270. The number of anilines is 1. The molecule has 19 heavy (non-hydrogen) atoms. The van der Waals surface area contributed by atoms with Gasteiger partial charge in [-0.3, -0.25) is 9.69 Å². The van der Waals surface area contributed by atoms with Crippen LogP contribution in [0.25, 0.3) is 0 Å². The van der Waals surface area contributed by atoms with Crippen LogP contribution in [0.2, 0.25) is 0 Å². The molecule has 1 saturated heterocycles. The molecule has 1 heterocycles. The number of nitrogens with zero attached hydrogens (tertiary/aromatic N) is 2. The molecule has 0 unspecified atom stereocenters. The van der Waals surface area contributed by atoms with E-state index in [4.69, 9.17) is 11.0 Å². The van der Waals surface area contributed by atoms with Gasteiger partial charge in [0.15, 0.2) is 0 Å². The van der Waals surface area contributed by atoms with Crippen molar-refractivity contribution in [2.24, 2.45) is 5.73 Å². The predicted octanol–water partition coefficient (Wildman–Crippen LogP) is 0.920. The molecule has 5 heteroatoms. The Labute approximate surface area is 113 Å². The van der Waals surface area contributed by atoms with E-state index < -0.39 is 0 Å². The van der Waals surface area contributed by atoms with Gasteiger partial charge in [-0.2, -0.15) is 5.26 Å². The standard InChI is InChI=1S/C14H18N4O/c15-9-11-2-1-3-13(8-11)17-12-4-6-18(7-5-12)10-14(16)19/h1-3,8,12,17H,4-7,10H2,(H2,16,19). The zero-order valence-electron chi connectivity index (χ0n) is 10.8. The lowest BCUT2D eigenvalue weighted by atomic mass is 10.0. The van der Waals surface area contributed by atoms with Gasteiger partial charge < -0.3 is 11.1 Å². The molecule has 1 aromatic rings. The van der Waals surface area contributed by atoms with Crippen LogP contribution in [0.5, 0.6) is 0 Å². The Bertz CT molecular complexity index is 486. The van der Waals surface area contributed by atoms with E-state index in [0.717, 1.165) is 31.6 Å². The van der Waals surface area contributed by atoms with E-state index in [9.17, 15) is 4.79 Å². The quantitative estimate of drug-likeness (QED) is 0.841. The fourth-order valence-electron chi connectivity index (χ4n) is 2.37. The molecule has 0 aliphatic carbocycles. The molecule has 0 aromatic heterocycles. The first-order valence-electron chi connectivity index (χ1n) is 6.45. The molecule has 0 bridgehead atoms. The van der Waals surface area contributed by atoms with Crippen LogP contribution in [-0.4, -0.2) is 36.5 Å². The third-order valence-corrected chi connectivity index (χ3v) is 3.33. The van der Waals surface area contributed by atoms with Crippen LogP contribution in [0.15, 0.2) is 24.3 Å². The second-order valence-corrected chi connectivity index (χ2v) is 4.85. The zero-order chi connectivity index (χ0) is 13.7. The first-order valence-corrected chi connectivity index (χ1v) is 6.45. The maximum atomic E-state index is 10.8. The van der Waals surface area contributed by atoms with Crippen molar-refractivity contribution in [1.82, 2.24) is 4.90 Å². The first kappa shape index (κ1) is 13.4. The van der Waals surface area contributed by atoms with Gasteiger partial charge in [0.1, 0.15) is 0 Å². The predicted molar refractivity (Wildman–Crippen MR) is 73.4 cm³/mol. The van der Waals surface area contributed by atoms with Gasteiger partial charge in [0.25, 0.3) is 0 Å². The number of piperidine rings is 1. The number of rotatable bonds is 4.